The zero-order chi connectivity index (χ0) is 19.4. The fraction of sp³-hybridized carbons (Fsp3) is 0.429. The summed E-state index contributed by atoms with van der Waals surface area (Å²) >= 11 is 0. The van der Waals surface area contributed by atoms with E-state index in [0.29, 0.717) is 43.4 Å². The standard InChI is InChI=1S/C21H25FN2O3/c1-24(20(26)9-6-15-4-2-3-5-18(15)22)16-10-12-21(27,13-11-16)19-8-7-17(25)14-23-19/h2-5,7-8,14,16,25,27H,6,9-13H2,1H3/t16-,21+. The fourth-order valence-electron chi connectivity index (χ4n) is 3.71. The maximum Gasteiger partial charge on any atom is 0.222 e. The van der Waals surface area contributed by atoms with E-state index in [1.54, 1.807) is 36.2 Å². The smallest absolute Gasteiger partial charge is 0.222 e. The van der Waals surface area contributed by atoms with E-state index < -0.39 is 5.60 Å². The fourth-order valence-corrected chi connectivity index (χ4v) is 3.71. The van der Waals surface area contributed by atoms with Crippen molar-refractivity contribution < 1.29 is 19.4 Å². The average Bonchev–Trinajstić information content (AvgIpc) is 2.67. The number of aliphatic hydroxyl groups is 1. The molecule has 5 nitrogen and oxygen atoms in total. The van der Waals surface area contributed by atoms with Crippen LogP contribution in [0.5, 0.6) is 5.75 Å². The van der Waals surface area contributed by atoms with Crippen LogP contribution >= 0.6 is 0 Å². The van der Waals surface area contributed by atoms with Crippen LogP contribution in [0.25, 0.3) is 0 Å². The van der Waals surface area contributed by atoms with E-state index in [-0.39, 0.29) is 29.9 Å². The topological polar surface area (TPSA) is 73.7 Å². The van der Waals surface area contributed by atoms with Gasteiger partial charge in [-0.3, -0.25) is 9.78 Å². The monoisotopic (exact) mass is 372 g/mol. The third-order valence-electron chi connectivity index (χ3n) is 5.51. The molecule has 1 saturated carbocycles. The molecule has 0 radical (unpaired) electrons. The Hall–Kier alpha value is -2.47. The van der Waals surface area contributed by atoms with Gasteiger partial charge in [0.1, 0.15) is 17.2 Å². The zero-order valence-electron chi connectivity index (χ0n) is 15.4. The second-order valence-corrected chi connectivity index (χ2v) is 7.26. The lowest BCUT2D eigenvalue weighted by Gasteiger charge is -2.39. The van der Waals surface area contributed by atoms with Crippen molar-refractivity contribution in [2.45, 2.75) is 50.2 Å². The van der Waals surface area contributed by atoms with Crippen LogP contribution in [0.2, 0.25) is 0 Å². The van der Waals surface area contributed by atoms with Gasteiger partial charge in [-0.15, -0.1) is 0 Å². The van der Waals surface area contributed by atoms with Gasteiger partial charge in [-0.2, -0.15) is 0 Å². The van der Waals surface area contributed by atoms with Crippen molar-refractivity contribution in [1.29, 1.82) is 0 Å². The van der Waals surface area contributed by atoms with Crippen LogP contribution in [-0.2, 0) is 16.8 Å². The molecule has 2 N–H and O–H groups in total. The van der Waals surface area contributed by atoms with Gasteiger partial charge in [0, 0.05) is 19.5 Å². The summed E-state index contributed by atoms with van der Waals surface area (Å²) in [7, 11) is 1.78. The minimum absolute atomic E-state index is 0.0172. The first-order chi connectivity index (χ1) is 12.9. The first-order valence-electron chi connectivity index (χ1n) is 9.26. The number of carbonyl (C=O) groups is 1. The highest BCUT2D eigenvalue weighted by Gasteiger charge is 2.37. The van der Waals surface area contributed by atoms with Crippen LogP contribution in [0.1, 0.15) is 43.4 Å². The Morgan fingerprint density at radius 2 is 1.96 bits per heavy atom. The summed E-state index contributed by atoms with van der Waals surface area (Å²) in [6.07, 6.45) is 4.31. The molecule has 3 rings (SSSR count). The van der Waals surface area contributed by atoms with Gasteiger partial charge in [0.15, 0.2) is 0 Å². The highest BCUT2D eigenvalue weighted by atomic mass is 19.1. The molecule has 0 atom stereocenters. The van der Waals surface area contributed by atoms with Crippen molar-refractivity contribution in [2.75, 3.05) is 7.05 Å². The van der Waals surface area contributed by atoms with E-state index in [4.69, 9.17) is 0 Å². The van der Waals surface area contributed by atoms with Gasteiger partial charge < -0.3 is 15.1 Å². The third-order valence-corrected chi connectivity index (χ3v) is 5.51. The summed E-state index contributed by atoms with van der Waals surface area (Å²) in [4.78, 5) is 18.4. The predicted molar refractivity (Wildman–Crippen MR) is 99.5 cm³/mol. The number of hydrogen-bond donors (Lipinski definition) is 2. The molecule has 1 heterocycles. The lowest BCUT2D eigenvalue weighted by molar-refractivity contribution is -0.134. The number of carbonyl (C=O) groups excluding carboxylic acids is 1. The van der Waals surface area contributed by atoms with Gasteiger partial charge in [0.2, 0.25) is 5.91 Å². The van der Waals surface area contributed by atoms with Crippen molar-refractivity contribution in [3.63, 3.8) is 0 Å². The SMILES string of the molecule is CN(C(=O)CCc1ccccc1F)[C@H]1CC[C@](O)(c2ccc(O)cn2)CC1. The number of benzene rings is 1. The van der Waals surface area contributed by atoms with Crippen molar-refractivity contribution in [1.82, 2.24) is 9.88 Å². The Morgan fingerprint density at radius 3 is 2.59 bits per heavy atom. The predicted octanol–water partition coefficient (Wildman–Crippen LogP) is 3.15. The minimum atomic E-state index is -1.03. The summed E-state index contributed by atoms with van der Waals surface area (Å²) in [6.45, 7) is 0. The molecule has 1 aliphatic rings. The van der Waals surface area contributed by atoms with E-state index in [2.05, 4.69) is 4.98 Å². The van der Waals surface area contributed by atoms with Crippen LogP contribution in [0.15, 0.2) is 42.6 Å². The first-order valence-corrected chi connectivity index (χ1v) is 9.26. The Kier molecular flexibility index (Phi) is 5.75. The average molecular weight is 372 g/mol. The number of amides is 1. The number of rotatable bonds is 5. The van der Waals surface area contributed by atoms with Gasteiger partial charge >= 0.3 is 0 Å². The van der Waals surface area contributed by atoms with Gasteiger partial charge in [-0.1, -0.05) is 18.2 Å². The number of aromatic hydroxyl groups is 1. The lowest BCUT2D eigenvalue weighted by Crippen LogP contribution is -2.43. The molecule has 0 saturated heterocycles. The molecule has 0 aliphatic heterocycles. The first kappa shape index (κ1) is 19.3. The Balaban J connectivity index is 1.54. The second kappa shape index (κ2) is 8.05. The number of halogens is 1. The molecule has 1 aliphatic carbocycles. The number of hydrogen-bond acceptors (Lipinski definition) is 4. The second-order valence-electron chi connectivity index (χ2n) is 7.26. The summed E-state index contributed by atoms with van der Waals surface area (Å²) < 4.78 is 13.7. The summed E-state index contributed by atoms with van der Waals surface area (Å²) in [5, 5.41) is 20.2. The van der Waals surface area contributed by atoms with Crippen LogP contribution in [-0.4, -0.2) is 39.1 Å². The number of pyridine rings is 1. The lowest BCUT2D eigenvalue weighted by atomic mass is 9.79. The molecule has 0 bridgehead atoms. The highest BCUT2D eigenvalue weighted by Crippen LogP contribution is 2.37. The number of aromatic nitrogens is 1. The molecule has 6 heteroatoms. The normalized spacial score (nSPS) is 22.4. The molecule has 1 aromatic heterocycles. The molecule has 27 heavy (non-hydrogen) atoms. The maximum absolute atomic E-state index is 13.7. The van der Waals surface area contributed by atoms with Gasteiger partial charge in [0.25, 0.3) is 0 Å². The third kappa shape index (κ3) is 4.45. The molecule has 1 aromatic carbocycles. The summed E-state index contributed by atoms with van der Waals surface area (Å²) in [5.74, 6) is -0.232. The van der Waals surface area contributed by atoms with E-state index in [1.165, 1.54) is 18.3 Å². The molecular formula is C21H25FN2O3. The summed E-state index contributed by atoms with van der Waals surface area (Å²) in [5.41, 5.74) is 0.0734. The van der Waals surface area contributed by atoms with E-state index >= 15 is 0 Å². The van der Waals surface area contributed by atoms with Crippen molar-refractivity contribution in [3.8, 4) is 5.75 Å². The van der Waals surface area contributed by atoms with Gasteiger partial charge in [-0.05, 0) is 55.9 Å². The maximum atomic E-state index is 13.7. The summed E-state index contributed by atoms with van der Waals surface area (Å²) in [6, 6.07) is 9.72. The van der Waals surface area contributed by atoms with Crippen molar-refractivity contribution in [3.05, 3.63) is 59.7 Å². The molecule has 144 valence electrons. The molecule has 0 spiro atoms. The van der Waals surface area contributed by atoms with E-state index in [0.717, 1.165) is 0 Å². The number of nitrogens with zero attached hydrogens (tertiary/aromatic N) is 2. The van der Waals surface area contributed by atoms with E-state index in [1.807, 2.05) is 0 Å². The van der Waals surface area contributed by atoms with Crippen LogP contribution in [0.3, 0.4) is 0 Å². The Labute approximate surface area is 158 Å². The molecule has 1 amide bonds. The van der Waals surface area contributed by atoms with Gasteiger partial charge in [-0.25, -0.2) is 4.39 Å². The highest BCUT2D eigenvalue weighted by molar-refractivity contribution is 5.76. The molecule has 1 fully saturated rings. The van der Waals surface area contributed by atoms with Crippen molar-refractivity contribution >= 4 is 5.91 Å². The van der Waals surface area contributed by atoms with Crippen LogP contribution in [0, 0.1) is 5.82 Å². The molecule has 0 unspecified atom stereocenters. The van der Waals surface area contributed by atoms with Crippen molar-refractivity contribution in [2.24, 2.45) is 0 Å². The zero-order valence-corrected chi connectivity index (χ0v) is 15.4. The Morgan fingerprint density at radius 1 is 1.26 bits per heavy atom. The Bertz CT molecular complexity index is 786. The minimum Gasteiger partial charge on any atom is -0.506 e. The molecular weight excluding hydrogens is 347 g/mol. The van der Waals surface area contributed by atoms with E-state index in [9.17, 15) is 19.4 Å². The quantitative estimate of drug-likeness (QED) is 0.846. The molecule has 2 aromatic rings. The van der Waals surface area contributed by atoms with Gasteiger partial charge in [0.05, 0.1) is 11.9 Å². The van der Waals surface area contributed by atoms with Crippen LogP contribution < -0.4 is 0 Å². The number of aryl methyl sites for hydroxylation is 1. The largest absolute Gasteiger partial charge is 0.506 e. The van der Waals surface area contributed by atoms with Crippen LogP contribution in [0.4, 0.5) is 4.39 Å².